The number of carbonyl (C=O) groups is 2. The fourth-order valence-electron chi connectivity index (χ4n) is 2.25. The standard InChI is InChI=1S/C17H19NO4/c1-3-14-11(2)9-15(22-14)16(19)18-8-7-12-5-4-6-13(10-12)17(20)21/h4-6,9-10H,3,7-8H2,1-2H3,(H,18,19)(H,20,21). The molecule has 0 bridgehead atoms. The van der Waals surface area contributed by atoms with Gasteiger partial charge in [-0.05, 0) is 42.7 Å². The van der Waals surface area contributed by atoms with Crippen LogP contribution < -0.4 is 5.32 Å². The zero-order valence-corrected chi connectivity index (χ0v) is 12.7. The van der Waals surface area contributed by atoms with Gasteiger partial charge in [-0.3, -0.25) is 4.79 Å². The Labute approximate surface area is 129 Å². The van der Waals surface area contributed by atoms with Crippen molar-refractivity contribution in [3.63, 3.8) is 0 Å². The second kappa shape index (κ2) is 6.93. The highest BCUT2D eigenvalue weighted by Gasteiger charge is 2.13. The molecule has 5 nitrogen and oxygen atoms in total. The lowest BCUT2D eigenvalue weighted by molar-refractivity contribution is 0.0696. The predicted molar refractivity (Wildman–Crippen MR) is 82.3 cm³/mol. The van der Waals surface area contributed by atoms with Crippen LogP contribution in [0.25, 0.3) is 0 Å². The van der Waals surface area contributed by atoms with Crippen molar-refractivity contribution >= 4 is 11.9 Å². The molecule has 116 valence electrons. The Morgan fingerprint density at radius 1 is 1.27 bits per heavy atom. The first-order chi connectivity index (χ1) is 10.5. The van der Waals surface area contributed by atoms with Crippen molar-refractivity contribution in [3.05, 3.63) is 58.5 Å². The normalized spacial score (nSPS) is 10.5. The number of carboxylic acid groups (broad SMARTS) is 1. The summed E-state index contributed by atoms with van der Waals surface area (Å²) in [6.45, 7) is 4.31. The summed E-state index contributed by atoms with van der Waals surface area (Å²) in [5.41, 5.74) is 2.09. The van der Waals surface area contributed by atoms with E-state index in [0.717, 1.165) is 23.3 Å². The Kier molecular flexibility index (Phi) is 4.99. The van der Waals surface area contributed by atoms with E-state index in [0.29, 0.717) is 18.7 Å². The molecule has 1 heterocycles. The molecule has 2 N–H and O–H groups in total. The van der Waals surface area contributed by atoms with Crippen molar-refractivity contribution in [2.45, 2.75) is 26.7 Å². The Bertz CT molecular complexity index is 688. The van der Waals surface area contributed by atoms with Crippen LogP contribution in [0.3, 0.4) is 0 Å². The van der Waals surface area contributed by atoms with Gasteiger partial charge in [0.25, 0.3) is 5.91 Å². The number of carboxylic acids is 1. The quantitative estimate of drug-likeness (QED) is 0.860. The Morgan fingerprint density at radius 2 is 2.05 bits per heavy atom. The van der Waals surface area contributed by atoms with Gasteiger partial charge < -0.3 is 14.8 Å². The van der Waals surface area contributed by atoms with Crippen LogP contribution in [0.1, 0.15) is 44.7 Å². The van der Waals surface area contributed by atoms with E-state index in [2.05, 4.69) is 5.32 Å². The second-order valence-electron chi connectivity index (χ2n) is 5.08. The Hall–Kier alpha value is -2.56. The average Bonchev–Trinajstić information content (AvgIpc) is 2.88. The lowest BCUT2D eigenvalue weighted by atomic mass is 10.1. The van der Waals surface area contributed by atoms with Crippen molar-refractivity contribution in [2.24, 2.45) is 0 Å². The number of aromatic carboxylic acids is 1. The van der Waals surface area contributed by atoms with Gasteiger partial charge in [0.1, 0.15) is 5.76 Å². The van der Waals surface area contributed by atoms with E-state index >= 15 is 0 Å². The van der Waals surface area contributed by atoms with Gasteiger partial charge in [0, 0.05) is 13.0 Å². The molecule has 0 aliphatic heterocycles. The first kappa shape index (κ1) is 15.8. The zero-order valence-electron chi connectivity index (χ0n) is 12.7. The van der Waals surface area contributed by atoms with Gasteiger partial charge in [-0.1, -0.05) is 19.1 Å². The van der Waals surface area contributed by atoms with Crippen LogP contribution in [0, 0.1) is 6.92 Å². The number of rotatable bonds is 6. The number of hydrogen-bond donors (Lipinski definition) is 2. The lowest BCUT2D eigenvalue weighted by Gasteiger charge is -2.04. The molecule has 1 aromatic carbocycles. The maximum atomic E-state index is 12.0. The maximum Gasteiger partial charge on any atom is 0.335 e. The van der Waals surface area contributed by atoms with Gasteiger partial charge in [0.15, 0.2) is 5.76 Å². The van der Waals surface area contributed by atoms with Crippen LogP contribution >= 0.6 is 0 Å². The van der Waals surface area contributed by atoms with E-state index in [4.69, 9.17) is 9.52 Å². The maximum absolute atomic E-state index is 12.0. The molecular weight excluding hydrogens is 282 g/mol. The number of carbonyl (C=O) groups excluding carboxylic acids is 1. The number of amides is 1. The molecule has 0 saturated heterocycles. The molecule has 0 saturated carbocycles. The van der Waals surface area contributed by atoms with Crippen molar-refractivity contribution in [2.75, 3.05) is 6.54 Å². The van der Waals surface area contributed by atoms with Crippen LogP contribution in [0.4, 0.5) is 0 Å². The fourth-order valence-corrected chi connectivity index (χ4v) is 2.25. The highest BCUT2D eigenvalue weighted by molar-refractivity contribution is 5.91. The topological polar surface area (TPSA) is 79.5 Å². The molecule has 0 unspecified atom stereocenters. The molecule has 0 radical (unpaired) electrons. The summed E-state index contributed by atoms with van der Waals surface area (Å²) in [5, 5.41) is 11.7. The number of benzene rings is 1. The molecular formula is C17H19NO4. The summed E-state index contributed by atoms with van der Waals surface area (Å²) in [7, 11) is 0. The molecule has 2 aromatic rings. The third kappa shape index (κ3) is 3.75. The first-order valence-corrected chi connectivity index (χ1v) is 7.21. The van der Waals surface area contributed by atoms with E-state index in [1.165, 1.54) is 0 Å². The lowest BCUT2D eigenvalue weighted by Crippen LogP contribution is -2.25. The number of aryl methyl sites for hydroxylation is 2. The summed E-state index contributed by atoms with van der Waals surface area (Å²) >= 11 is 0. The summed E-state index contributed by atoms with van der Waals surface area (Å²) < 4.78 is 5.49. The summed E-state index contributed by atoms with van der Waals surface area (Å²) in [6, 6.07) is 8.43. The Balaban J connectivity index is 1.91. The number of hydrogen-bond acceptors (Lipinski definition) is 3. The monoisotopic (exact) mass is 301 g/mol. The van der Waals surface area contributed by atoms with E-state index in [-0.39, 0.29) is 11.5 Å². The Morgan fingerprint density at radius 3 is 2.68 bits per heavy atom. The number of nitrogens with one attached hydrogen (secondary N) is 1. The third-order valence-electron chi connectivity index (χ3n) is 3.44. The average molecular weight is 301 g/mol. The molecule has 2 rings (SSSR count). The van der Waals surface area contributed by atoms with Gasteiger partial charge in [-0.15, -0.1) is 0 Å². The fraction of sp³-hybridized carbons (Fsp3) is 0.294. The highest BCUT2D eigenvalue weighted by atomic mass is 16.4. The minimum atomic E-state index is -0.955. The second-order valence-corrected chi connectivity index (χ2v) is 5.08. The zero-order chi connectivity index (χ0) is 16.1. The molecule has 22 heavy (non-hydrogen) atoms. The summed E-state index contributed by atoms with van der Waals surface area (Å²) in [6.07, 6.45) is 1.31. The minimum Gasteiger partial charge on any atom is -0.478 e. The molecule has 0 atom stereocenters. The van der Waals surface area contributed by atoms with Crippen LogP contribution in [-0.4, -0.2) is 23.5 Å². The molecule has 0 aliphatic rings. The van der Waals surface area contributed by atoms with Gasteiger partial charge in [0.2, 0.25) is 0 Å². The van der Waals surface area contributed by atoms with E-state index in [1.54, 1.807) is 24.3 Å². The molecule has 1 aromatic heterocycles. The largest absolute Gasteiger partial charge is 0.478 e. The van der Waals surface area contributed by atoms with Crippen molar-refractivity contribution in [1.29, 1.82) is 0 Å². The minimum absolute atomic E-state index is 0.248. The van der Waals surface area contributed by atoms with Crippen molar-refractivity contribution in [1.82, 2.24) is 5.32 Å². The predicted octanol–water partition coefficient (Wildman–Crippen LogP) is 2.82. The molecule has 1 amide bonds. The first-order valence-electron chi connectivity index (χ1n) is 7.21. The SMILES string of the molecule is CCc1oc(C(=O)NCCc2cccc(C(=O)O)c2)cc1C. The molecule has 5 heteroatoms. The molecule has 0 spiro atoms. The van der Waals surface area contributed by atoms with Gasteiger partial charge in [-0.2, -0.15) is 0 Å². The third-order valence-corrected chi connectivity index (χ3v) is 3.44. The van der Waals surface area contributed by atoms with Crippen LogP contribution in [0.5, 0.6) is 0 Å². The van der Waals surface area contributed by atoms with E-state index in [9.17, 15) is 9.59 Å². The van der Waals surface area contributed by atoms with Gasteiger partial charge >= 0.3 is 5.97 Å². The van der Waals surface area contributed by atoms with E-state index in [1.807, 2.05) is 19.9 Å². The van der Waals surface area contributed by atoms with Crippen LogP contribution in [0.15, 0.2) is 34.7 Å². The van der Waals surface area contributed by atoms with Gasteiger partial charge in [-0.25, -0.2) is 4.79 Å². The molecule has 0 fully saturated rings. The van der Waals surface area contributed by atoms with Crippen molar-refractivity contribution in [3.8, 4) is 0 Å². The summed E-state index contributed by atoms with van der Waals surface area (Å²) in [4.78, 5) is 22.9. The van der Waals surface area contributed by atoms with Crippen LogP contribution in [0.2, 0.25) is 0 Å². The van der Waals surface area contributed by atoms with Gasteiger partial charge in [0.05, 0.1) is 5.56 Å². The van der Waals surface area contributed by atoms with Crippen LogP contribution in [-0.2, 0) is 12.8 Å². The highest BCUT2D eigenvalue weighted by Crippen LogP contribution is 2.15. The van der Waals surface area contributed by atoms with Crippen molar-refractivity contribution < 1.29 is 19.1 Å². The number of furan rings is 1. The van der Waals surface area contributed by atoms with E-state index < -0.39 is 5.97 Å². The summed E-state index contributed by atoms with van der Waals surface area (Å²) in [5.74, 6) is -0.0748. The smallest absolute Gasteiger partial charge is 0.335 e. The molecule has 0 aliphatic carbocycles.